The zero-order valence-corrected chi connectivity index (χ0v) is 7.86. The molecule has 68 valence electrons. The van der Waals surface area contributed by atoms with Gasteiger partial charge in [-0.05, 0) is 19.4 Å². The Morgan fingerprint density at radius 3 is 2.38 bits per heavy atom. The summed E-state index contributed by atoms with van der Waals surface area (Å²) in [6.45, 7) is 3.71. The van der Waals surface area contributed by atoms with E-state index in [1.165, 1.54) is 0 Å². The largest absolute Gasteiger partial charge is 0.411 e. The molecule has 0 aromatic heterocycles. The number of oxime groups is 1. The SMILES string of the molecule is C/C=C(/C(C)=N/O)c1ccccc1. The average molecular weight is 175 g/mol. The molecule has 0 aliphatic carbocycles. The zero-order chi connectivity index (χ0) is 9.68. The van der Waals surface area contributed by atoms with Crippen molar-refractivity contribution in [3.05, 3.63) is 42.0 Å². The maximum absolute atomic E-state index is 8.64. The molecular weight excluding hydrogens is 162 g/mol. The van der Waals surface area contributed by atoms with Crippen LogP contribution < -0.4 is 0 Å². The molecule has 0 saturated carbocycles. The maximum atomic E-state index is 8.64. The van der Waals surface area contributed by atoms with Crippen molar-refractivity contribution in [2.24, 2.45) is 5.16 Å². The van der Waals surface area contributed by atoms with Crippen LogP contribution in [-0.4, -0.2) is 10.9 Å². The topological polar surface area (TPSA) is 32.6 Å². The first-order valence-corrected chi connectivity index (χ1v) is 4.20. The summed E-state index contributed by atoms with van der Waals surface area (Å²) in [6, 6.07) is 9.86. The van der Waals surface area contributed by atoms with E-state index in [1.807, 2.05) is 43.3 Å². The van der Waals surface area contributed by atoms with Crippen LogP contribution in [0.1, 0.15) is 19.4 Å². The third-order valence-electron chi connectivity index (χ3n) is 1.91. The number of nitrogens with zero attached hydrogens (tertiary/aromatic N) is 1. The molecule has 0 radical (unpaired) electrons. The van der Waals surface area contributed by atoms with E-state index >= 15 is 0 Å². The molecule has 2 nitrogen and oxygen atoms in total. The predicted octanol–water partition coefficient (Wildman–Crippen LogP) is 2.94. The molecule has 0 aliphatic heterocycles. The molecule has 13 heavy (non-hydrogen) atoms. The first-order valence-electron chi connectivity index (χ1n) is 4.20. The highest BCUT2D eigenvalue weighted by atomic mass is 16.4. The minimum absolute atomic E-state index is 0.633. The van der Waals surface area contributed by atoms with Crippen LogP contribution in [-0.2, 0) is 0 Å². The Balaban J connectivity index is 3.07. The molecule has 0 atom stereocenters. The van der Waals surface area contributed by atoms with E-state index in [4.69, 9.17) is 5.21 Å². The van der Waals surface area contributed by atoms with Gasteiger partial charge in [0.2, 0.25) is 0 Å². The minimum atomic E-state index is 0.633. The molecule has 0 amide bonds. The van der Waals surface area contributed by atoms with Crippen LogP contribution in [0.2, 0.25) is 0 Å². The summed E-state index contributed by atoms with van der Waals surface area (Å²) in [7, 11) is 0. The monoisotopic (exact) mass is 175 g/mol. The van der Waals surface area contributed by atoms with Crippen molar-refractivity contribution in [1.82, 2.24) is 0 Å². The van der Waals surface area contributed by atoms with E-state index in [0.29, 0.717) is 5.71 Å². The van der Waals surface area contributed by atoms with Crippen LogP contribution in [0.3, 0.4) is 0 Å². The molecule has 2 heteroatoms. The van der Waals surface area contributed by atoms with Crippen LogP contribution in [0.4, 0.5) is 0 Å². The van der Waals surface area contributed by atoms with E-state index in [1.54, 1.807) is 6.92 Å². The van der Waals surface area contributed by atoms with Crippen molar-refractivity contribution in [2.45, 2.75) is 13.8 Å². The molecular formula is C11H13NO. The smallest absolute Gasteiger partial charge is 0.0839 e. The van der Waals surface area contributed by atoms with Crippen molar-refractivity contribution >= 4 is 11.3 Å². The van der Waals surface area contributed by atoms with Gasteiger partial charge in [-0.2, -0.15) is 0 Å². The Bertz CT molecular complexity index is 325. The summed E-state index contributed by atoms with van der Waals surface area (Å²) in [4.78, 5) is 0. The molecule has 0 saturated heterocycles. The summed E-state index contributed by atoms with van der Waals surface area (Å²) >= 11 is 0. The predicted molar refractivity (Wildman–Crippen MR) is 55.0 cm³/mol. The van der Waals surface area contributed by atoms with Crippen molar-refractivity contribution in [1.29, 1.82) is 0 Å². The third-order valence-corrected chi connectivity index (χ3v) is 1.91. The molecule has 1 N–H and O–H groups in total. The molecule has 0 heterocycles. The lowest BCUT2D eigenvalue weighted by Crippen LogP contribution is -1.96. The molecule has 0 unspecified atom stereocenters. The third kappa shape index (κ3) is 2.18. The molecule has 0 fully saturated rings. The number of hydrogen-bond acceptors (Lipinski definition) is 2. The Morgan fingerprint density at radius 1 is 1.31 bits per heavy atom. The van der Waals surface area contributed by atoms with Gasteiger partial charge in [0, 0.05) is 5.57 Å². The van der Waals surface area contributed by atoms with Gasteiger partial charge >= 0.3 is 0 Å². The lowest BCUT2D eigenvalue weighted by atomic mass is 10.0. The number of allylic oxidation sites excluding steroid dienone is 2. The second-order valence-corrected chi connectivity index (χ2v) is 2.75. The molecule has 1 aromatic rings. The van der Waals surface area contributed by atoms with Crippen LogP contribution in [0, 0.1) is 0 Å². The van der Waals surface area contributed by atoms with E-state index in [-0.39, 0.29) is 0 Å². The molecule has 1 aromatic carbocycles. The van der Waals surface area contributed by atoms with Crippen molar-refractivity contribution in [3.63, 3.8) is 0 Å². The summed E-state index contributed by atoms with van der Waals surface area (Å²) in [5.74, 6) is 0. The van der Waals surface area contributed by atoms with Gasteiger partial charge in [0.1, 0.15) is 0 Å². The van der Waals surface area contributed by atoms with Gasteiger partial charge < -0.3 is 5.21 Å². The highest BCUT2D eigenvalue weighted by Crippen LogP contribution is 2.15. The number of rotatable bonds is 2. The van der Waals surface area contributed by atoms with Gasteiger partial charge in [0.25, 0.3) is 0 Å². The van der Waals surface area contributed by atoms with E-state index in [2.05, 4.69) is 5.16 Å². The number of benzene rings is 1. The maximum Gasteiger partial charge on any atom is 0.0839 e. The van der Waals surface area contributed by atoms with Crippen molar-refractivity contribution < 1.29 is 5.21 Å². The van der Waals surface area contributed by atoms with Gasteiger partial charge in [-0.1, -0.05) is 41.6 Å². The summed E-state index contributed by atoms with van der Waals surface area (Å²) in [5.41, 5.74) is 2.66. The molecule has 0 aliphatic rings. The summed E-state index contributed by atoms with van der Waals surface area (Å²) < 4.78 is 0. The van der Waals surface area contributed by atoms with E-state index in [0.717, 1.165) is 11.1 Å². The fourth-order valence-electron chi connectivity index (χ4n) is 1.26. The highest BCUT2D eigenvalue weighted by Gasteiger charge is 2.02. The Labute approximate surface area is 78.2 Å². The van der Waals surface area contributed by atoms with Crippen molar-refractivity contribution in [2.75, 3.05) is 0 Å². The number of hydrogen-bond donors (Lipinski definition) is 1. The molecule has 0 bridgehead atoms. The van der Waals surface area contributed by atoms with Gasteiger partial charge in [-0.25, -0.2) is 0 Å². The van der Waals surface area contributed by atoms with E-state index < -0.39 is 0 Å². The van der Waals surface area contributed by atoms with E-state index in [9.17, 15) is 0 Å². The zero-order valence-electron chi connectivity index (χ0n) is 7.86. The fourth-order valence-corrected chi connectivity index (χ4v) is 1.26. The summed E-state index contributed by atoms with van der Waals surface area (Å²) in [6.07, 6.45) is 1.93. The van der Waals surface area contributed by atoms with Gasteiger partial charge in [-0.15, -0.1) is 0 Å². The van der Waals surface area contributed by atoms with Gasteiger partial charge in [-0.3, -0.25) is 0 Å². The first kappa shape index (κ1) is 9.52. The quantitative estimate of drug-likeness (QED) is 0.418. The van der Waals surface area contributed by atoms with Crippen LogP contribution >= 0.6 is 0 Å². The van der Waals surface area contributed by atoms with Crippen LogP contribution in [0.5, 0.6) is 0 Å². The standard InChI is InChI=1S/C11H13NO/c1-3-11(9(2)12-13)10-7-5-4-6-8-10/h3-8,13H,1-2H3/b11-3-,12-9+. The van der Waals surface area contributed by atoms with Crippen molar-refractivity contribution in [3.8, 4) is 0 Å². The first-order chi connectivity index (χ1) is 6.29. The average Bonchev–Trinajstić information content (AvgIpc) is 2.20. The van der Waals surface area contributed by atoms with Crippen LogP contribution in [0.25, 0.3) is 5.57 Å². The second-order valence-electron chi connectivity index (χ2n) is 2.75. The Hall–Kier alpha value is -1.57. The Morgan fingerprint density at radius 2 is 1.92 bits per heavy atom. The molecule has 1 rings (SSSR count). The summed E-state index contributed by atoms with van der Waals surface area (Å²) in [5, 5.41) is 11.8. The second kappa shape index (κ2) is 4.45. The fraction of sp³-hybridized carbons (Fsp3) is 0.182. The van der Waals surface area contributed by atoms with Crippen LogP contribution in [0.15, 0.2) is 41.6 Å². The lowest BCUT2D eigenvalue weighted by molar-refractivity contribution is 0.319. The Kier molecular flexibility index (Phi) is 3.26. The van der Waals surface area contributed by atoms with Gasteiger partial charge in [0.15, 0.2) is 0 Å². The molecule has 0 spiro atoms. The van der Waals surface area contributed by atoms with Gasteiger partial charge in [0.05, 0.1) is 5.71 Å². The normalized spacial score (nSPS) is 13.1. The minimum Gasteiger partial charge on any atom is -0.411 e. The highest BCUT2D eigenvalue weighted by molar-refractivity contribution is 6.22. The lowest BCUT2D eigenvalue weighted by Gasteiger charge is -2.04.